The largest absolute Gasteiger partial charge is 0.311 e. The van der Waals surface area contributed by atoms with Crippen molar-refractivity contribution in [3.8, 4) is 22.3 Å². The number of rotatable bonds is 10. The third-order valence-corrected chi connectivity index (χ3v) is 14.3. The number of anilines is 6. The third-order valence-electron chi connectivity index (χ3n) is 14.3. The number of para-hydroxylation sites is 3. The van der Waals surface area contributed by atoms with Gasteiger partial charge in [0.1, 0.15) is 0 Å². The first-order chi connectivity index (χ1) is 30.3. The summed E-state index contributed by atoms with van der Waals surface area (Å²) in [7, 11) is 0. The highest BCUT2D eigenvalue weighted by Crippen LogP contribution is 2.54. The van der Waals surface area contributed by atoms with Gasteiger partial charge in [0, 0.05) is 45.0 Å². The Hall–Kier alpha value is -6.64. The molecule has 0 heterocycles. The summed E-state index contributed by atoms with van der Waals surface area (Å²) in [5.41, 5.74) is 17.6. The van der Waals surface area contributed by atoms with Gasteiger partial charge in [-0.25, -0.2) is 0 Å². The van der Waals surface area contributed by atoms with E-state index in [4.69, 9.17) is 0 Å². The van der Waals surface area contributed by atoms with E-state index in [1.54, 1.807) is 0 Å². The minimum absolute atomic E-state index is 0.0653. The molecule has 2 aliphatic rings. The van der Waals surface area contributed by atoms with Crippen LogP contribution >= 0.6 is 0 Å². The molecule has 62 heavy (non-hydrogen) atoms. The standard InChI is InChI=1S/C60H56N2/c1-43(2)44-38-40-60(41-39-44,46-28-32-51(33-29-46)61(48-20-11-6-12-21-48)49-22-13-7-14-23-49)47-30-34-52(35-31-47)62(50-24-15-8-16-25-50)53-36-37-55-57(42-53)59(3,4)56-27-17-26-54(58(55)56)45-18-9-5-10-19-45/h5-37,42-44H,38-41H2,1-4H3. The molecule has 0 radical (unpaired) electrons. The van der Waals surface area contributed by atoms with E-state index in [2.05, 4.69) is 244 Å². The first-order valence-electron chi connectivity index (χ1n) is 22.6. The number of fused-ring (bicyclic) bond motifs is 3. The molecule has 0 aromatic heterocycles. The van der Waals surface area contributed by atoms with Crippen LogP contribution in [0.3, 0.4) is 0 Å². The Balaban J connectivity index is 1.03. The molecule has 10 rings (SSSR count). The fourth-order valence-electron chi connectivity index (χ4n) is 10.8. The average molecular weight is 805 g/mol. The lowest BCUT2D eigenvalue weighted by molar-refractivity contribution is 0.217. The van der Waals surface area contributed by atoms with Gasteiger partial charge in [-0.15, -0.1) is 0 Å². The van der Waals surface area contributed by atoms with Gasteiger partial charge >= 0.3 is 0 Å². The predicted molar refractivity (Wildman–Crippen MR) is 263 cm³/mol. The molecule has 2 nitrogen and oxygen atoms in total. The summed E-state index contributed by atoms with van der Waals surface area (Å²) in [5, 5.41) is 0. The zero-order valence-electron chi connectivity index (χ0n) is 36.5. The quantitative estimate of drug-likeness (QED) is 0.136. The first kappa shape index (κ1) is 39.5. The molecule has 0 saturated heterocycles. The fraction of sp³-hybridized carbons (Fsp3) is 0.200. The van der Waals surface area contributed by atoms with Gasteiger partial charge in [-0.1, -0.05) is 161 Å². The summed E-state index contributed by atoms with van der Waals surface area (Å²) >= 11 is 0. The second-order valence-corrected chi connectivity index (χ2v) is 18.4. The molecule has 0 bridgehead atoms. The van der Waals surface area contributed by atoms with Crippen molar-refractivity contribution >= 4 is 34.1 Å². The normalized spacial score (nSPS) is 17.6. The van der Waals surface area contributed by atoms with Gasteiger partial charge in [-0.3, -0.25) is 0 Å². The second-order valence-electron chi connectivity index (χ2n) is 18.4. The Kier molecular flexibility index (Phi) is 10.4. The Labute approximate surface area is 369 Å². The van der Waals surface area contributed by atoms with Gasteiger partial charge in [0.15, 0.2) is 0 Å². The van der Waals surface area contributed by atoms with E-state index in [0.29, 0.717) is 5.92 Å². The van der Waals surface area contributed by atoms with Crippen molar-refractivity contribution in [2.45, 2.75) is 64.2 Å². The van der Waals surface area contributed by atoms with E-state index < -0.39 is 0 Å². The molecule has 8 aromatic carbocycles. The summed E-state index contributed by atoms with van der Waals surface area (Å²) < 4.78 is 0. The molecule has 0 atom stereocenters. The van der Waals surface area contributed by atoms with E-state index in [-0.39, 0.29) is 10.8 Å². The molecule has 0 aliphatic heterocycles. The maximum atomic E-state index is 2.45. The smallest absolute Gasteiger partial charge is 0.0465 e. The van der Waals surface area contributed by atoms with Crippen LogP contribution in [0, 0.1) is 11.8 Å². The number of hydrogen-bond donors (Lipinski definition) is 0. The summed E-state index contributed by atoms with van der Waals surface area (Å²) in [6.45, 7) is 9.59. The zero-order valence-corrected chi connectivity index (χ0v) is 36.5. The summed E-state index contributed by atoms with van der Waals surface area (Å²) in [6.07, 6.45) is 4.75. The highest BCUT2D eigenvalue weighted by atomic mass is 15.1. The van der Waals surface area contributed by atoms with Crippen LogP contribution in [-0.4, -0.2) is 0 Å². The zero-order chi connectivity index (χ0) is 42.3. The van der Waals surface area contributed by atoms with Gasteiger partial charge in [0.05, 0.1) is 0 Å². The Morgan fingerprint density at radius 1 is 0.419 bits per heavy atom. The van der Waals surface area contributed by atoms with Crippen molar-refractivity contribution in [3.63, 3.8) is 0 Å². The van der Waals surface area contributed by atoms with Gasteiger partial charge in [-0.2, -0.15) is 0 Å². The van der Waals surface area contributed by atoms with Crippen molar-refractivity contribution in [2.24, 2.45) is 11.8 Å². The van der Waals surface area contributed by atoms with Crippen LogP contribution in [0.15, 0.2) is 206 Å². The molecule has 0 unspecified atom stereocenters. The third kappa shape index (κ3) is 7.02. The summed E-state index contributed by atoms with van der Waals surface area (Å²) in [6, 6.07) is 76.3. The Morgan fingerprint density at radius 3 is 1.34 bits per heavy atom. The van der Waals surface area contributed by atoms with Crippen molar-refractivity contribution in [3.05, 3.63) is 229 Å². The van der Waals surface area contributed by atoms with Crippen molar-refractivity contribution < 1.29 is 0 Å². The average Bonchev–Trinajstić information content (AvgIpc) is 3.56. The number of nitrogens with zero attached hydrogens (tertiary/aromatic N) is 2. The van der Waals surface area contributed by atoms with Gasteiger partial charge < -0.3 is 9.80 Å². The van der Waals surface area contributed by atoms with Crippen molar-refractivity contribution in [1.82, 2.24) is 0 Å². The maximum Gasteiger partial charge on any atom is 0.0465 e. The summed E-state index contributed by atoms with van der Waals surface area (Å²) in [4.78, 5) is 4.81. The monoisotopic (exact) mass is 804 g/mol. The van der Waals surface area contributed by atoms with Gasteiger partial charge in [-0.05, 0) is 155 Å². The maximum absolute atomic E-state index is 2.45. The SMILES string of the molecule is CC(C)C1CCC(c2ccc(N(c3ccccc3)c3ccccc3)cc2)(c2ccc(N(c3ccccc3)c3ccc4c(c3)C(C)(C)c3cccc(-c5ccccc5)c3-4)cc2)CC1. The van der Waals surface area contributed by atoms with Crippen LogP contribution in [0.2, 0.25) is 0 Å². The van der Waals surface area contributed by atoms with Crippen LogP contribution in [0.5, 0.6) is 0 Å². The molecule has 1 fully saturated rings. The highest BCUT2D eigenvalue weighted by Gasteiger charge is 2.40. The lowest BCUT2D eigenvalue weighted by Gasteiger charge is -2.43. The van der Waals surface area contributed by atoms with Crippen LogP contribution in [0.1, 0.15) is 75.6 Å². The molecular weight excluding hydrogens is 749 g/mol. The predicted octanol–water partition coefficient (Wildman–Crippen LogP) is 16.7. The van der Waals surface area contributed by atoms with Crippen LogP contribution in [0.4, 0.5) is 34.1 Å². The summed E-state index contributed by atoms with van der Waals surface area (Å²) in [5.74, 6) is 1.44. The van der Waals surface area contributed by atoms with Crippen molar-refractivity contribution in [2.75, 3.05) is 9.80 Å². The minimum atomic E-state index is -0.145. The Morgan fingerprint density at radius 2 is 0.855 bits per heavy atom. The first-order valence-corrected chi connectivity index (χ1v) is 22.6. The molecule has 1 saturated carbocycles. The molecule has 306 valence electrons. The molecule has 0 amide bonds. The number of benzene rings is 8. The van der Waals surface area contributed by atoms with E-state index in [1.165, 1.54) is 74.4 Å². The second kappa shape index (κ2) is 16.3. The molecule has 0 N–H and O–H groups in total. The molecular formula is C60H56N2. The Bertz CT molecular complexity index is 2730. The van der Waals surface area contributed by atoms with Gasteiger partial charge in [0.25, 0.3) is 0 Å². The van der Waals surface area contributed by atoms with Crippen LogP contribution in [0.25, 0.3) is 22.3 Å². The van der Waals surface area contributed by atoms with Gasteiger partial charge in [0.2, 0.25) is 0 Å². The molecule has 2 aliphatic carbocycles. The molecule has 8 aromatic rings. The van der Waals surface area contributed by atoms with Crippen molar-refractivity contribution in [1.29, 1.82) is 0 Å². The lowest BCUT2D eigenvalue weighted by atomic mass is 9.61. The minimum Gasteiger partial charge on any atom is -0.311 e. The lowest BCUT2D eigenvalue weighted by Crippen LogP contribution is -2.34. The van der Waals surface area contributed by atoms with Crippen LogP contribution in [-0.2, 0) is 10.8 Å². The van der Waals surface area contributed by atoms with E-state index in [9.17, 15) is 0 Å². The van der Waals surface area contributed by atoms with E-state index in [1.807, 2.05) is 0 Å². The topological polar surface area (TPSA) is 6.48 Å². The van der Waals surface area contributed by atoms with Crippen LogP contribution < -0.4 is 9.80 Å². The highest BCUT2D eigenvalue weighted by molar-refractivity contribution is 5.94. The molecule has 0 spiro atoms. The fourth-order valence-corrected chi connectivity index (χ4v) is 10.8. The van der Waals surface area contributed by atoms with E-state index >= 15 is 0 Å². The number of hydrogen-bond acceptors (Lipinski definition) is 2. The molecule has 2 heteroatoms. The van der Waals surface area contributed by atoms with E-state index in [0.717, 1.165) is 35.8 Å².